The van der Waals surface area contributed by atoms with Crippen LogP contribution in [-0.4, -0.2) is 23.7 Å². The Kier molecular flexibility index (Phi) is 4.80. The quantitative estimate of drug-likeness (QED) is 0.568. The van der Waals surface area contributed by atoms with Gasteiger partial charge in [0.25, 0.3) is 0 Å². The molecule has 0 radical (unpaired) electrons. The number of para-hydroxylation sites is 1. The molecule has 1 aromatic heterocycles. The topological polar surface area (TPSA) is 32.3 Å². The van der Waals surface area contributed by atoms with Gasteiger partial charge in [-0.1, -0.05) is 64.1 Å². The normalized spacial score (nSPS) is 13.5. The minimum Gasteiger partial charge on any atom is -0.352 e. The summed E-state index contributed by atoms with van der Waals surface area (Å²) in [5.74, 6) is 2.63. The number of rotatable bonds is 4. The van der Waals surface area contributed by atoms with Crippen LogP contribution in [0.1, 0.15) is 50.7 Å². The lowest BCUT2D eigenvalue weighted by Crippen LogP contribution is -2.24. The van der Waals surface area contributed by atoms with Gasteiger partial charge in [0.2, 0.25) is 0 Å². The highest BCUT2D eigenvalue weighted by molar-refractivity contribution is 5.80. The average molecular weight is 373 g/mol. The number of anilines is 3. The lowest BCUT2D eigenvalue weighted by molar-refractivity contribution is 0.834. The van der Waals surface area contributed by atoms with Crippen LogP contribution < -0.4 is 9.80 Å². The molecule has 0 spiro atoms. The van der Waals surface area contributed by atoms with E-state index in [4.69, 9.17) is 9.97 Å². The number of nitrogens with zero attached hydrogens (tertiary/aromatic N) is 4. The van der Waals surface area contributed by atoms with E-state index in [9.17, 15) is 0 Å². The van der Waals surface area contributed by atoms with Crippen molar-refractivity contribution in [3.8, 4) is 11.4 Å². The summed E-state index contributed by atoms with van der Waals surface area (Å²) in [7, 11) is 2.09. The van der Waals surface area contributed by atoms with Gasteiger partial charge in [-0.25, -0.2) is 9.97 Å². The highest BCUT2D eigenvalue weighted by Crippen LogP contribution is 2.41. The van der Waals surface area contributed by atoms with E-state index in [1.54, 1.807) is 0 Å². The minimum absolute atomic E-state index is 0.415. The molecule has 4 heteroatoms. The summed E-state index contributed by atoms with van der Waals surface area (Å²) in [6, 6.07) is 17.0. The van der Waals surface area contributed by atoms with Crippen LogP contribution in [0.5, 0.6) is 0 Å². The average Bonchev–Trinajstić information content (AvgIpc) is 3.04. The van der Waals surface area contributed by atoms with Crippen LogP contribution in [0.25, 0.3) is 11.4 Å². The Morgan fingerprint density at radius 1 is 0.857 bits per heavy atom. The molecule has 1 aliphatic heterocycles. The molecule has 0 bridgehead atoms. The van der Waals surface area contributed by atoms with E-state index in [0.29, 0.717) is 11.8 Å². The second-order valence-corrected chi connectivity index (χ2v) is 8.13. The van der Waals surface area contributed by atoms with Crippen LogP contribution in [0.2, 0.25) is 0 Å². The second-order valence-electron chi connectivity index (χ2n) is 8.13. The highest BCUT2D eigenvalue weighted by atomic mass is 15.4. The zero-order valence-corrected chi connectivity index (χ0v) is 17.3. The van der Waals surface area contributed by atoms with E-state index >= 15 is 0 Å². The number of hydrogen-bond acceptors (Lipinski definition) is 4. The Balaban J connectivity index is 1.89. The third kappa shape index (κ3) is 3.13. The van der Waals surface area contributed by atoms with E-state index in [1.165, 1.54) is 16.7 Å². The maximum atomic E-state index is 5.09. The predicted molar refractivity (Wildman–Crippen MR) is 117 cm³/mol. The largest absolute Gasteiger partial charge is 0.352 e. The lowest BCUT2D eigenvalue weighted by Gasteiger charge is -2.20. The van der Waals surface area contributed by atoms with E-state index in [1.807, 2.05) is 12.3 Å². The molecule has 0 fully saturated rings. The van der Waals surface area contributed by atoms with Crippen molar-refractivity contribution in [1.82, 2.24) is 9.97 Å². The SMILES string of the molecule is CC(C)c1cccc(C(C)C)c1-c1ncc2c(n1)N(c1ccccc1)CN2C. The summed E-state index contributed by atoms with van der Waals surface area (Å²) in [5.41, 5.74) is 6.03. The van der Waals surface area contributed by atoms with Crippen molar-refractivity contribution >= 4 is 17.2 Å². The summed E-state index contributed by atoms with van der Waals surface area (Å²) in [5, 5.41) is 0. The molecule has 3 aromatic rings. The molecule has 2 heterocycles. The molecule has 2 aromatic carbocycles. The first kappa shape index (κ1) is 18.5. The van der Waals surface area contributed by atoms with E-state index in [0.717, 1.165) is 29.7 Å². The second kappa shape index (κ2) is 7.27. The van der Waals surface area contributed by atoms with Crippen molar-refractivity contribution in [2.75, 3.05) is 23.5 Å². The molecule has 0 atom stereocenters. The Morgan fingerprint density at radius 2 is 1.50 bits per heavy atom. The van der Waals surface area contributed by atoms with Crippen LogP contribution in [-0.2, 0) is 0 Å². The molecular weight excluding hydrogens is 344 g/mol. The van der Waals surface area contributed by atoms with Gasteiger partial charge < -0.3 is 9.80 Å². The Morgan fingerprint density at radius 3 is 2.11 bits per heavy atom. The summed E-state index contributed by atoms with van der Waals surface area (Å²) < 4.78 is 0. The Bertz CT molecular complexity index is 953. The maximum absolute atomic E-state index is 5.09. The fraction of sp³-hybridized carbons (Fsp3) is 0.333. The molecule has 28 heavy (non-hydrogen) atoms. The van der Waals surface area contributed by atoms with E-state index in [-0.39, 0.29) is 0 Å². The molecule has 0 saturated heterocycles. The molecule has 4 rings (SSSR count). The van der Waals surface area contributed by atoms with Crippen LogP contribution in [0.3, 0.4) is 0 Å². The van der Waals surface area contributed by atoms with E-state index in [2.05, 4.69) is 87.0 Å². The molecule has 0 saturated carbocycles. The number of hydrogen-bond donors (Lipinski definition) is 0. The monoisotopic (exact) mass is 372 g/mol. The first-order valence-corrected chi connectivity index (χ1v) is 10.0. The van der Waals surface area contributed by atoms with Gasteiger partial charge in [-0.3, -0.25) is 0 Å². The van der Waals surface area contributed by atoms with Crippen molar-refractivity contribution < 1.29 is 0 Å². The lowest BCUT2D eigenvalue weighted by atomic mass is 9.88. The number of benzene rings is 2. The van der Waals surface area contributed by atoms with Crippen molar-refractivity contribution in [2.24, 2.45) is 0 Å². The Hall–Kier alpha value is -2.88. The first-order valence-electron chi connectivity index (χ1n) is 10.0. The van der Waals surface area contributed by atoms with Crippen LogP contribution in [0, 0.1) is 0 Å². The van der Waals surface area contributed by atoms with Gasteiger partial charge in [0.15, 0.2) is 11.6 Å². The van der Waals surface area contributed by atoms with Gasteiger partial charge in [-0.2, -0.15) is 0 Å². The minimum atomic E-state index is 0.415. The van der Waals surface area contributed by atoms with Gasteiger partial charge in [0, 0.05) is 18.3 Å². The molecule has 4 nitrogen and oxygen atoms in total. The van der Waals surface area contributed by atoms with E-state index < -0.39 is 0 Å². The van der Waals surface area contributed by atoms with Crippen LogP contribution in [0.15, 0.2) is 54.7 Å². The molecule has 0 amide bonds. The van der Waals surface area contributed by atoms with Crippen molar-refractivity contribution in [1.29, 1.82) is 0 Å². The van der Waals surface area contributed by atoms with Gasteiger partial charge in [-0.15, -0.1) is 0 Å². The molecule has 0 aliphatic carbocycles. The molecular formula is C24H28N4. The van der Waals surface area contributed by atoms with Crippen LogP contribution >= 0.6 is 0 Å². The van der Waals surface area contributed by atoms with Gasteiger partial charge in [0.05, 0.1) is 12.9 Å². The smallest absolute Gasteiger partial charge is 0.162 e. The summed E-state index contributed by atoms with van der Waals surface area (Å²) in [6.45, 7) is 9.72. The standard InChI is InChI=1S/C24H28N4/c1-16(2)19-12-9-13-20(17(3)4)22(19)23-25-14-21-24(26-23)28(15-27(21)5)18-10-7-6-8-11-18/h6-14,16-17H,15H2,1-5H3. The molecule has 0 N–H and O–H groups in total. The molecule has 0 unspecified atom stereocenters. The summed E-state index contributed by atoms with van der Waals surface area (Å²) in [6.07, 6.45) is 1.97. The number of fused-ring (bicyclic) bond motifs is 1. The van der Waals surface area contributed by atoms with Gasteiger partial charge in [-0.05, 0) is 35.1 Å². The molecule has 144 valence electrons. The van der Waals surface area contributed by atoms with Crippen molar-refractivity contribution in [3.05, 3.63) is 65.9 Å². The van der Waals surface area contributed by atoms with Crippen molar-refractivity contribution in [3.63, 3.8) is 0 Å². The fourth-order valence-electron chi connectivity index (χ4n) is 3.93. The Labute approximate surface area is 167 Å². The van der Waals surface area contributed by atoms with Gasteiger partial charge >= 0.3 is 0 Å². The first-order chi connectivity index (χ1) is 13.5. The van der Waals surface area contributed by atoms with Gasteiger partial charge in [0.1, 0.15) is 5.69 Å². The van der Waals surface area contributed by atoms with Crippen LogP contribution in [0.4, 0.5) is 17.2 Å². The fourth-order valence-corrected chi connectivity index (χ4v) is 3.93. The summed E-state index contributed by atoms with van der Waals surface area (Å²) >= 11 is 0. The molecule has 1 aliphatic rings. The zero-order valence-electron chi connectivity index (χ0n) is 17.3. The predicted octanol–water partition coefficient (Wildman–Crippen LogP) is 5.94. The maximum Gasteiger partial charge on any atom is 0.162 e. The number of aromatic nitrogens is 2. The summed E-state index contributed by atoms with van der Waals surface area (Å²) in [4.78, 5) is 14.4. The highest BCUT2D eigenvalue weighted by Gasteiger charge is 2.28. The zero-order chi connectivity index (χ0) is 19.8. The third-order valence-electron chi connectivity index (χ3n) is 5.43. The third-order valence-corrected chi connectivity index (χ3v) is 5.43. The van der Waals surface area contributed by atoms with Crippen molar-refractivity contribution in [2.45, 2.75) is 39.5 Å².